The van der Waals surface area contributed by atoms with Crippen molar-refractivity contribution in [2.75, 3.05) is 0 Å². The number of aromatic hydroxyl groups is 1. The number of hydrogen-bond donors (Lipinski definition) is 1. The standard InChI is InChI=1S/C15H12F3NO/c1-10-5-6-14(20)11(7-10)9-19-13-4-2-3-12(8-13)15(16,17)18/h2-9,20H,1H3. The second kappa shape index (κ2) is 5.36. The van der Waals surface area contributed by atoms with E-state index in [4.69, 9.17) is 0 Å². The quantitative estimate of drug-likeness (QED) is 0.808. The monoisotopic (exact) mass is 279 g/mol. The van der Waals surface area contributed by atoms with Crippen molar-refractivity contribution in [3.63, 3.8) is 0 Å². The lowest BCUT2D eigenvalue weighted by molar-refractivity contribution is -0.137. The number of hydrogen-bond acceptors (Lipinski definition) is 2. The third-order valence-corrected chi connectivity index (χ3v) is 2.71. The first kappa shape index (κ1) is 14.1. The van der Waals surface area contributed by atoms with Crippen molar-refractivity contribution >= 4 is 11.9 Å². The van der Waals surface area contributed by atoms with E-state index in [1.807, 2.05) is 6.92 Å². The molecule has 0 saturated carbocycles. The van der Waals surface area contributed by atoms with Gasteiger partial charge in [-0.1, -0.05) is 17.7 Å². The summed E-state index contributed by atoms with van der Waals surface area (Å²) in [5, 5.41) is 9.63. The van der Waals surface area contributed by atoms with Crippen molar-refractivity contribution in [3.8, 4) is 5.75 Å². The minimum absolute atomic E-state index is 0.0336. The van der Waals surface area contributed by atoms with E-state index in [1.165, 1.54) is 24.4 Å². The van der Waals surface area contributed by atoms with Crippen LogP contribution in [0, 0.1) is 6.92 Å². The lowest BCUT2D eigenvalue weighted by Gasteiger charge is -2.06. The summed E-state index contributed by atoms with van der Waals surface area (Å²) in [5.41, 5.74) is 0.817. The summed E-state index contributed by atoms with van der Waals surface area (Å²) in [5.74, 6) is 0.0336. The number of halogens is 3. The lowest BCUT2D eigenvalue weighted by atomic mass is 10.1. The van der Waals surface area contributed by atoms with Gasteiger partial charge in [-0.2, -0.15) is 13.2 Å². The van der Waals surface area contributed by atoms with Crippen LogP contribution < -0.4 is 0 Å². The molecule has 0 spiro atoms. The molecular weight excluding hydrogens is 267 g/mol. The van der Waals surface area contributed by atoms with Crippen LogP contribution in [-0.2, 0) is 6.18 Å². The maximum absolute atomic E-state index is 12.6. The molecule has 0 fully saturated rings. The smallest absolute Gasteiger partial charge is 0.416 e. The van der Waals surface area contributed by atoms with Crippen LogP contribution in [-0.4, -0.2) is 11.3 Å². The van der Waals surface area contributed by atoms with Crippen LogP contribution in [0.2, 0.25) is 0 Å². The Kier molecular flexibility index (Phi) is 3.79. The number of benzene rings is 2. The molecule has 0 aliphatic rings. The van der Waals surface area contributed by atoms with E-state index in [-0.39, 0.29) is 11.4 Å². The van der Waals surface area contributed by atoms with Crippen molar-refractivity contribution in [1.82, 2.24) is 0 Å². The molecule has 2 aromatic rings. The van der Waals surface area contributed by atoms with Crippen molar-refractivity contribution in [2.45, 2.75) is 13.1 Å². The average Bonchev–Trinajstić information content (AvgIpc) is 2.39. The minimum atomic E-state index is -4.39. The largest absolute Gasteiger partial charge is 0.507 e. The van der Waals surface area contributed by atoms with Crippen LogP contribution in [0.5, 0.6) is 5.75 Å². The van der Waals surface area contributed by atoms with Gasteiger partial charge in [0.2, 0.25) is 0 Å². The molecule has 0 saturated heterocycles. The first-order chi connectivity index (χ1) is 9.36. The number of aliphatic imine (C=N–C) groups is 1. The lowest BCUT2D eigenvalue weighted by Crippen LogP contribution is -2.03. The van der Waals surface area contributed by atoms with Gasteiger partial charge in [0.1, 0.15) is 5.75 Å². The van der Waals surface area contributed by atoms with E-state index in [0.29, 0.717) is 5.56 Å². The third kappa shape index (κ3) is 3.38. The maximum Gasteiger partial charge on any atom is 0.416 e. The summed E-state index contributed by atoms with van der Waals surface area (Å²) >= 11 is 0. The van der Waals surface area contributed by atoms with Crippen molar-refractivity contribution < 1.29 is 18.3 Å². The Hall–Kier alpha value is -2.30. The van der Waals surface area contributed by atoms with Gasteiger partial charge < -0.3 is 5.11 Å². The number of nitrogens with zero attached hydrogens (tertiary/aromatic N) is 1. The molecule has 20 heavy (non-hydrogen) atoms. The Balaban J connectivity index is 2.30. The second-order valence-electron chi connectivity index (χ2n) is 4.37. The maximum atomic E-state index is 12.6. The van der Waals surface area contributed by atoms with E-state index >= 15 is 0 Å². The molecule has 2 nitrogen and oxygen atoms in total. The van der Waals surface area contributed by atoms with Crippen LogP contribution in [0.15, 0.2) is 47.5 Å². The van der Waals surface area contributed by atoms with Gasteiger partial charge in [0.15, 0.2) is 0 Å². The van der Waals surface area contributed by atoms with Crippen molar-refractivity contribution in [3.05, 3.63) is 59.2 Å². The van der Waals surface area contributed by atoms with Crippen LogP contribution in [0.1, 0.15) is 16.7 Å². The first-order valence-corrected chi connectivity index (χ1v) is 5.87. The highest BCUT2D eigenvalue weighted by molar-refractivity contribution is 5.85. The summed E-state index contributed by atoms with van der Waals surface area (Å²) < 4.78 is 37.7. The molecule has 0 atom stereocenters. The fraction of sp³-hybridized carbons (Fsp3) is 0.133. The fourth-order valence-electron chi connectivity index (χ4n) is 1.68. The van der Waals surface area contributed by atoms with E-state index < -0.39 is 11.7 Å². The Labute approximate surface area is 114 Å². The van der Waals surface area contributed by atoms with E-state index in [9.17, 15) is 18.3 Å². The predicted molar refractivity (Wildman–Crippen MR) is 71.5 cm³/mol. The fourth-order valence-corrected chi connectivity index (χ4v) is 1.68. The second-order valence-corrected chi connectivity index (χ2v) is 4.37. The van der Waals surface area contributed by atoms with Gasteiger partial charge in [-0.25, -0.2) is 0 Å². The molecule has 0 heterocycles. The number of alkyl halides is 3. The van der Waals surface area contributed by atoms with Crippen LogP contribution in [0.3, 0.4) is 0 Å². The molecular formula is C15H12F3NO. The van der Waals surface area contributed by atoms with Crippen molar-refractivity contribution in [1.29, 1.82) is 0 Å². The molecule has 0 bridgehead atoms. The predicted octanol–water partition coefficient (Wildman–Crippen LogP) is 4.47. The zero-order chi connectivity index (χ0) is 14.8. The van der Waals surface area contributed by atoms with Gasteiger partial charge in [-0.3, -0.25) is 4.99 Å². The average molecular weight is 279 g/mol. The molecule has 0 amide bonds. The number of phenolic OH excluding ortho intramolecular Hbond substituents is 1. The summed E-state index contributed by atoms with van der Waals surface area (Å²) in [6.07, 6.45) is -3.05. The van der Waals surface area contributed by atoms with Crippen LogP contribution in [0.4, 0.5) is 18.9 Å². The Morgan fingerprint density at radius 1 is 1.10 bits per heavy atom. The highest BCUT2D eigenvalue weighted by Gasteiger charge is 2.30. The van der Waals surface area contributed by atoms with Crippen LogP contribution in [0.25, 0.3) is 0 Å². The molecule has 0 aliphatic heterocycles. The van der Waals surface area contributed by atoms with E-state index in [1.54, 1.807) is 12.1 Å². The zero-order valence-corrected chi connectivity index (χ0v) is 10.6. The topological polar surface area (TPSA) is 32.6 Å². The molecule has 0 unspecified atom stereocenters. The van der Waals surface area contributed by atoms with E-state index in [0.717, 1.165) is 17.7 Å². The first-order valence-electron chi connectivity index (χ1n) is 5.87. The molecule has 1 N–H and O–H groups in total. The minimum Gasteiger partial charge on any atom is -0.507 e. The van der Waals surface area contributed by atoms with Gasteiger partial charge in [-0.05, 0) is 37.3 Å². The molecule has 0 aromatic heterocycles. The summed E-state index contributed by atoms with van der Waals surface area (Å²) in [6.45, 7) is 1.85. The highest BCUT2D eigenvalue weighted by atomic mass is 19.4. The molecule has 2 rings (SSSR count). The Morgan fingerprint density at radius 3 is 2.55 bits per heavy atom. The molecule has 5 heteroatoms. The molecule has 0 aliphatic carbocycles. The van der Waals surface area contributed by atoms with E-state index in [2.05, 4.69) is 4.99 Å². The third-order valence-electron chi connectivity index (χ3n) is 2.71. The number of rotatable bonds is 2. The number of aryl methyl sites for hydroxylation is 1. The molecule has 2 aromatic carbocycles. The van der Waals surface area contributed by atoms with Gasteiger partial charge in [-0.15, -0.1) is 0 Å². The highest BCUT2D eigenvalue weighted by Crippen LogP contribution is 2.31. The zero-order valence-electron chi connectivity index (χ0n) is 10.6. The summed E-state index contributed by atoms with van der Waals surface area (Å²) in [7, 11) is 0. The van der Waals surface area contributed by atoms with Crippen LogP contribution >= 0.6 is 0 Å². The van der Waals surface area contributed by atoms with Gasteiger partial charge in [0.05, 0.1) is 11.3 Å². The molecule has 104 valence electrons. The Bertz CT molecular complexity index is 648. The SMILES string of the molecule is Cc1ccc(O)c(C=Nc2cccc(C(F)(F)F)c2)c1. The van der Waals surface area contributed by atoms with Crippen molar-refractivity contribution in [2.24, 2.45) is 4.99 Å². The summed E-state index contributed by atoms with van der Waals surface area (Å²) in [4.78, 5) is 3.97. The van der Waals surface area contributed by atoms with Gasteiger partial charge >= 0.3 is 6.18 Å². The van der Waals surface area contributed by atoms with Gasteiger partial charge in [0.25, 0.3) is 0 Å². The van der Waals surface area contributed by atoms with Gasteiger partial charge in [0, 0.05) is 11.8 Å². The Morgan fingerprint density at radius 2 is 1.85 bits per heavy atom. The normalized spacial score (nSPS) is 12.0. The summed E-state index contributed by atoms with van der Waals surface area (Å²) in [6, 6.07) is 9.67. The molecule has 0 radical (unpaired) electrons. The number of phenols is 1.